The van der Waals surface area contributed by atoms with Crippen LogP contribution in [0.15, 0.2) is 6.20 Å². The molecule has 2 nitrogen and oxygen atoms in total. The summed E-state index contributed by atoms with van der Waals surface area (Å²) in [6.07, 6.45) is 9.99. The zero-order chi connectivity index (χ0) is 11.0. The molecule has 3 rings (SSSR count). The highest BCUT2D eigenvalue weighted by Crippen LogP contribution is 2.31. The molecule has 0 aliphatic carbocycles. The third-order valence-electron chi connectivity index (χ3n) is 3.88. The van der Waals surface area contributed by atoms with Crippen molar-refractivity contribution in [2.45, 2.75) is 56.7 Å². The molecule has 1 saturated heterocycles. The van der Waals surface area contributed by atoms with Crippen LogP contribution < -0.4 is 0 Å². The summed E-state index contributed by atoms with van der Waals surface area (Å²) in [7, 11) is 0. The lowest BCUT2D eigenvalue weighted by molar-refractivity contribution is 0.417. The minimum atomic E-state index is 0.674. The molecular formula is C13H20N2S. The van der Waals surface area contributed by atoms with Crippen molar-refractivity contribution in [3.8, 4) is 0 Å². The Balaban J connectivity index is 1.81. The summed E-state index contributed by atoms with van der Waals surface area (Å²) in [6.45, 7) is 2.34. The van der Waals surface area contributed by atoms with E-state index in [1.807, 2.05) is 0 Å². The molecule has 0 amide bonds. The summed E-state index contributed by atoms with van der Waals surface area (Å²) in [4.78, 5) is 4.66. The van der Waals surface area contributed by atoms with Crippen molar-refractivity contribution in [3.05, 3.63) is 17.7 Å². The second-order valence-electron chi connectivity index (χ2n) is 5.12. The van der Waals surface area contributed by atoms with E-state index in [4.69, 9.17) is 0 Å². The quantitative estimate of drug-likeness (QED) is 0.784. The fourth-order valence-electron chi connectivity index (χ4n) is 3.03. The van der Waals surface area contributed by atoms with Crippen LogP contribution in [0.2, 0.25) is 0 Å². The van der Waals surface area contributed by atoms with Crippen LogP contribution in [0.1, 0.15) is 50.2 Å². The Morgan fingerprint density at radius 1 is 1.44 bits per heavy atom. The van der Waals surface area contributed by atoms with E-state index in [-0.39, 0.29) is 0 Å². The first kappa shape index (κ1) is 10.7. The van der Waals surface area contributed by atoms with Crippen LogP contribution in [0.25, 0.3) is 0 Å². The molecule has 0 spiro atoms. The first-order valence-corrected chi connectivity index (χ1v) is 7.56. The molecule has 0 aromatic carbocycles. The molecule has 16 heavy (non-hydrogen) atoms. The molecular weight excluding hydrogens is 216 g/mol. The number of hydrogen-bond acceptors (Lipinski definition) is 2. The maximum atomic E-state index is 4.66. The Labute approximate surface area is 102 Å². The smallest absolute Gasteiger partial charge is 0.110 e. The molecule has 2 aliphatic heterocycles. The fraction of sp³-hybridized carbons (Fsp3) is 0.769. The molecule has 2 unspecified atom stereocenters. The zero-order valence-electron chi connectivity index (χ0n) is 9.98. The van der Waals surface area contributed by atoms with Crippen LogP contribution in [-0.4, -0.2) is 20.6 Å². The molecule has 0 bridgehead atoms. The zero-order valence-corrected chi connectivity index (χ0v) is 10.8. The molecule has 2 atom stereocenters. The lowest BCUT2D eigenvalue weighted by Gasteiger charge is -2.24. The van der Waals surface area contributed by atoms with E-state index in [0.717, 1.165) is 5.25 Å². The molecule has 3 heteroatoms. The van der Waals surface area contributed by atoms with Crippen LogP contribution in [-0.2, 0) is 12.8 Å². The summed E-state index contributed by atoms with van der Waals surface area (Å²) in [6, 6.07) is 0.674. The lowest BCUT2D eigenvalue weighted by Crippen LogP contribution is -2.19. The van der Waals surface area contributed by atoms with E-state index >= 15 is 0 Å². The minimum absolute atomic E-state index is 0.674. The van der Waals surface area contributed by atoms with Gasteiger partial charge in [-0.05, 0) is 44.8 Å². The molecule has 1 aromatic rings. The largest absolute Gasteiger partial charge is 0.329 e. The van der Waals surface area contributed by atoms with Gasteiger partial charge in [0.1, 0.15) is 5.82 Å². The Kier molecular flexibility index (Phi) is 2.97. The van der Waals surface area contributed by atoms with Gasteiger partial charge in [-0.3, -0.25) is 0 Å². The highest BCUT2D eigenvalue weighted by Gasteiger charge is 2.23. The molecule has 0 saturated carbocycles. The normalized spacial score (nSPS) is 29.3. The van der Waals surface area contributed by atoms with Gasteiger partial charge in [0.2, 0.25) is 0 Å². The predicted octanol–water partition coefficient (Wildman–Crippen LogP) is 3.22. The summed E-state index contributed by atoms with van der Waals surface area (Å²) in [5.74, 6) is 2.70. The van der Waals surface area contributed by atoms with Gasteiger partial charge in [-0.15, -0.1) is 0 Å². The number of imidazole rings is 1. The maximum absolute atomic E-state index is 4.66. The number of aryl methyl sites for hydroxylation is 1. The van der Waals surface area contributed by atoms with E-state index < -0.39 is 0 Å². The fourth-order valence-corrected chi connectivity index (χ4v) is 4.30. The molecule has 2 aliphatic rings. The van der Waals surface area contributed by atoms with E-state index in [1.165, 1.54) is 55.8 Å². The summed E-state index contributed by atoms with van der Waals surface area (Å²) >= 11 is 2.14. The van der Waals surface area contributed by atoms with Crippen LogP contribution in [0, 0.1) is 0 Å². The Morgan fingerprint density at radius 3 is 3.19 bits per heavy atom. The first-order valence-electron chi connectivity index (χ1n) is 6.51. The van der Waals surface area contributed by atoms with Crippen molar-refractivity contribution in [1.29, 1.82) is 0 Å². The van der Waals surface area contributed by atoms with Crippen LogP contribution in [0.5, 0.6) is 0 Å². The second-order valence-corrected chi connectivity index (χ2v) is 6.52. The van der Waals surface area contributed by atoms with Crippen LogP contribution in [0.4, 0.5) is 0 Å². The molecule has 0 radical (unpaired) electrons. The summed E-state index contributed by atoms with van der Waals surface area (Å²) in [5.41, 5.74) is 1.47. The van der Waals surface area contributed by atoms with E-state index in [9.17, 15) is 0 Å². The van der Waals surface area contributed by atoms with Gasteiger partial charge < -0.3 is 4.57 Å². The molecule has 3 heterocycles. The van der Waals surface area contributed by atoms with Crippen molar-refractivity contribution < 1.29 is 0 Å². The predicted molar refractivity (Wildman–Crippen MR) is 69.1 cm³/mol. The van der Waals surface area contributed by atoms with Gasteiger partial charge in [-0.1, -0.05) is 0 Å². The van der Waals surface area contributed by atoms with Crippen molar-refractivity contribution >= 4 is 11.8 Å². The molecule has 88 valence electrons. The third kappa shape index (κ3) is 1.90. The van der Waals surface area contributed by atoms with E-state index in [0.29, 0.717) is 6.04 Å². The van der Waals surface area contributed by atoms with E-state index in [1.54, 1.807) is 0 Å². The highest BCUT2D eigenvalue weighted by molar-refractivity contribution is 8.00. The standard InChI is InChI=1S/C13H20N2S/c1-10-4-2-5-11-9-14-13(15(10)11)8-12-6-3-7-16-12/h9-10,12H,2-8H2,1H3. The van der Waals surface area contributed by atoms with Crippen molar-refractivity contribution in [2.75, 3.05) is 5.75 Å². The number of hydrogen-bond donors (Lipinski definition) is 0. The third-order valence-corrected chi connectivity index (χ3v) is 5.28. The highest BCUT2D eigenvalue weighted by atomic mass is 32.2. The minimum Gasteiger partial charge on any atom is -0.329 e. The summed E-state index contributed by atoms with van der Waals surface area (Å²) in [5, 5.41) is 0.834. The Hall–Kier alpha value is -0.440. The number of aromatic nitrogens is 2. The van der Waals surface area contributed by atoms with Crippen LogP contribution >= 0.6 is 11.8 Å². The molecule has 1 fully saturated rings. The van der Waals surface area contributed by atoms with Gasteiger partial charge >= 0.3 is 0 Å². The number of fused-ring (bicyclic) bond motifs is 1. The average molecular weight is 236 g/mol. The van der Waals surface area contributed by atoms with Crippen molar-refractivity contribution in [3.63, 3.8) is 0 Å². The molecule has 0 N–H and O–H groups in total. The average Bonchev–Trinajstić information content (AvgIpc) is 2.90. The Bertz CT molecular complexity index is 366. The van der Waals surface area contributed by atoms with Crippen molar-refractivity contribution in [1.82, 2.24) is 9.55 Å². The van der Waals surface area contributed by atoms with E-state index in [2.05, 4.69) is 34.4 Å². The first-order chi connectivity index (χ1) is 7.84. The van der Waals surface area contributed by atoms with Gasteiger partial charge in [0.05, 0.1) is 0 Å². The van der Waals surface area contributed by atoms with Crippen molar-refractivity contribution in [2.24, 2.45) is 0 Å². The maximum Gasteiger partial charge on any atom is 0.110 e. The summed E-state index contributed by atoms with van der Waals surface area (Å²) < 4.78 is 2.52. The number of thioether (sulfide) groups is 1. The van der Waals surface area contributed by atoms with Crippen LogP contribution in [0.3, 0.4) is 0 Å². The molecule has 1 aromatic heterocycles. The Morgan fingerprint density at radius 2 is 2.38 bits per heavy atom. The van der Waals surface area contributed by atoms with Gasteiger partial charge in [-0.2, -0.15) is 11.8 Å². The lowest BCUT2D eigenvalue weighted by atomic mass is 10.0. The second kappa shape index (κ2) is 4.44. The monoisotopic (exact) mass is 236 g/mol. The van der Waals surface area contributed by atoms with Gasteiger partial charge in [0.15, 0.2) is 0 Å². The SMILES string of the molecule is CC1CCCc2cnc(CC3CCCS3)n21. The van der Waals surface area contributed by atoms with Gasteiger partial charge in [-0.25, -0.2) is 4.98 Å². The van der Waals surface area contributed by atoms with Gasteiger partial charge in [0.25, 0.3) is 0 Å². The topological polar surface area (TPSA) is 17.8 Å². The number of rotatable bonds is 2. The number of nitrogens with zero attached hydrogens (tertiary/aromatic N) is 2. The van der Waals surface area contributed by atoms with Gasteiger partial charge in [0, 0.05) is 29.6 Å².